The fourth-order valence-corrected chi connectivity index (χ4v) is 2.57. The molecule has 1 atom stereocenters. The fourth-order valence-electron chi connectivity index (χ4n) is 2.57. The first-order valence-corrected chi connectivity index (χ1v) is 7.44. The van der Waals surface area contributed by atoms with E-state index >= 15 is 0 Å². The van der Waals surface area contributed by atoms with Crippen LogP contribution in [-0.2, 0) is 18.3 Å². The molecule has 2 heterocycles. The normalized spacial score (nSPS) is 12.3. The smallest absolute Gasteiger partial charge is 0.241 e. The van der Waals surface area contributed by atoms with Crippen molar-refractivity contribution in [3.8, 4) is 0 Å². The second kappa shape index (κ2) is 6.18. The van der Waals surface area contributed by atoms with Crippen molar-refractivity contribution in [1.82, 2.24) is 14.8 Å². The molecule has 0 saturated carbocycles. The molecule has 0 aliphatic heterocycles. The van der Waals surface area contributed by atoms with Crippen LogP contribution in [0.15, 0.2) is 42.6 Å². The number of hydrogen-bond acceptors (Lipinski definition) is 4. The molecule has 0 aliphatic carbocycles. The van der Waals surface area contributed by atoms with Gasteiger partial charge in [-0.25, -0.2) is 4.98 Å². The second-order valence-corrected chi connectivity index (χ2v) is 5.59. The highest BCUT2D eigenvalue weighted by molar-refractivity contribution is 5.96. The summed E-state index contributed by atoms with van der Waals surface area (Å²) in [7, 11) is 1.84. The number of rotatable bonds is 4. The number of aromatic nitrogens is 3. The Kier molecular flexibility index (Phi) is 4.08. The Balaban J connectivity index is 1.73. The summed E-state index contributed by atoms with van der Waals surface area (Å²) in [4.78, 5) is 16.6. The number of nitrogens with two attached hydrogens (primary N) is 1. The summed E-state index contributed by atoms with van der Waals surface area (Å²) in [5.74, 6) is -0.225. The van der Waals surface area contributed by atoms with E-state index in [1.54, 1.807) is 10.9 Å². The Bertz CT molecular complexity index is 841. The van der Waals surface area contributed by atoms with E-state index in [9.17, 15) is 4.79 Å². The molecule has 2 aromatic heterocycles. The van der Waals surface area contributed by atoms with Gasteiger partial charge in [0, 0.05) is 12.4 Å². The third kappa shape index (κ3) is 3.22. The van der Waals surface area contributed by atoms with Gasteiger partial charge in [0.25, 0.3) is 0 Å². The van der Waals surface area contributed by atoms with Crippen LogP contribution < -0.4 is 11.1 Å². The Morgan fingerprint density at radius 2 is 2.09 bits per heavy atom. The first-order valence-electron chi connectivity index (χ1n) is 7.44. The Hall–Kier alpha value is -2.73. The van der Waals surface area contributed by atoms with Crippen LogP contribution in [0.3, 0.4) is 0 Å². The summed E-state index contributed by atoms with van der Waals surface area (Å²) in [5.41, 5.74) is 9.32. The molecule has 0 bridgehead atoms. The van der Waals surface area contributed by atoms with Crippen LogP contribution in [0.5, 0.6) is 0 Å². The van der Waals surface area contributed by atoms with Gasteiger partial charge in [0.15, 0.2) is 5.65 Å². The van der Waals surface area contributed by atoms with E-state index in [2.05, 4.69) is 15.4 Å². The fraction of sp³-hybridized carbons (Fsp3) is 0.235. The standard InChI is InChI=1S/C17H19N5O/c1-11-14-9-13(10-19-16(14)22(2)21-11)20-17(23)15(18)8-12-6-4-3-5-7-12/h3-7,9-10,15H,8,18H2,1-2H3,(H,20,23). The van der Waals surface area contributed by atoms with E-state index in [0.29, 0.717) is 12.1 Å². The molecular formula is C17H19N5O. The van der Waals surface area contributed by atoms with E-state index in [1.165, 1.54) is 0 Å². The summed E-state index contributed by atoms with van der Waals surface area (Å²) in [6.45, 7) is 1.91. The van der Waals surface area contributed by atoms with Crippen molar-refractivity contribution in [2.24, 2.45) is 12.8 Å². The van der Waals surface area contributed by atoms with Gasteiger partial charge in [-0.15, -0.1) is 0 Å². The van der Waals surface area contributed by atoms with Crippen molar-refractivity contribution in [1.29, 1.82) is 0 Å². The molecular weight excluding hydrogens is 290 g/mol. The molecule has 23 heavy (non-hydrogen) atoms. The predicted octanol–water partition coefficient (Wildman–Crippen LogP) is 1.79. The minimum absolute atomic E-state index is 0.225. The van der Waals surface area contributed by atoms with Crippen LogP contribution in [0, 0.1) is 6.92 Å². The van der Waals surface area contributed by atoms with Crippen LogP contribution in [0.25, 0.3) is 11.0 Å². The Morgan fingerprint density at radius 3 is 2.83 bits per heavy atom. The Morgan fingerprint density at radius 1 is 1.35 bits per heavy atom. The molecule has 3 N–H and O–H groups in total. The highest BCUT2D eigenvalue weighted by Gasteiger charge is 2.15. The van der Waals surface area contributed by atoms with Crippen molar-refractivity contribution in [3.05, 3.63) is 53.9 Å². The number of hydrogen-bond donors (Lipinski definition) is 2. The van der Waals surface area contributed by atoms with Crippen molar-refractivity contribution >= 4 is 22.6 Å². The number of benzene rings is 1. The average molecular weight is 309 g/mol. The van der Waals surface area contributed by atoms with Gasteiger partial charge in [0.05, 0.1) is 23.6 Å². The molecule has 1 amide bonds. The van der Waals surface area contributed by atoms with Crippen molar-refractivity contribution in [2.75, 3.05) is 5.32 Å². The topological polar surface area (TPSA) is 85.8 Å². The quantitative estimate of drug-likeness (QED) is 0.769. The maximum atomic E-state index is 12.3. The van der Waals surface area contributed by atoms with Crippen LogP contribution in [0.1, 0.15) is 11.3 Å². The first kappa shape index (κ1) is 15.2. The van der Waals surface area contributed by atoms with Crippen LogP contribution in [0.2, 0.25) is 0 Å². The van der Waals surface area contributed by atoms with Gasteiger partial charge < -0.3 is 11.1 Å². The van der Waals surface area contributed by atoms with Crippen molar-refractivity contribution in [2.45, 2.75) is 19.4 Å². The average Bonchev–Trinajstić information content (AvgIpc) is 2.82. The summed E-state index contributed by atoms with van der Waals surface area (Å²) in [5, 5.41) is 8.06. The third-order valence-corrected chi connectivity index (χ3v) is 3.77. The van der Waals surface area contributed by atoms with Crippen molar-refractivity contribution < 1.29 is 4.79 Å². The number of nitrogens with one attached hydrogen (secondary N) is 1. The van der Waals surface area contributed by atoms with Crippen LogP contribution >= 0.6 is 0 Å². The molecule has 0 saturated heterocycles. The lowest BCUT2D eigenvalue weighted by Gasteiger charge is -2.12. The summed E-state index contributed by atoms with van der Waals surface area (Å²) in [6, 6.07) is 11.0. The molecule has 1 unspecified atom stereocenters. The number of nitrogens with zero attached hydrogens (tertiary/aromatic N) is 3. The zero-order valence-electron chi connectivity index (χ0n) is 13.2. The summed E-state index contributed by atoms with van der Waals surface area (Å²) >= 11 is 0. The number of carbonyl (C=O) groups is 1. The van der Waals surface area contributed by atoms with E-state index in [0.717, 1.165) is 22.3 Å². The van der Waals surface area contributed by atoms with Gasteiger partial charge in [-0.2, -0.15) is 5.10 Å². The van der Waals surface area contributed by atoms with E-state index < -0.39 is 6.04 Å². The van der Waals surface area contributed by atoms with Gasteiger partial charge in [-0.1, -0.05) is 30.3 Å². The number of carbonyl (C=O) groups excluding carboxylic acids is 1. The van der Waals surface area contributed by atoms with Gasteiger partial charge in [0.2, 0.25) is 5.91 Å². The van der Waals surface area contributed by atoms with E-state index in [1.807, 2.05) is 50.4 Å². The van der Waals surface area contributed by atoms with Gasteiger partial charge >= 0.3 is 0 Å². The molecule has 3 aromatic rings. The zero-order valence-corrected chi connectivity index (χ0v) is 13.2. The van der Waals surface area contributed by atoms with Gasteiger partial charge in [-0.3, -0.25) is 9.48 Å². The van der Waals surface area contributed by atoms with Crippen LogP contribution in [-0.4, -0.2) is 26.7 Å². The number of pyridine rings is 1. The van der Waals surface area contributed by atoms with Gasteiger partial charge in [-0.05, 0) is 25.0 Å². The highest BCUT2D eigenvalue weighted by atomic mass is 16.2. The summed E-state index contributed by atoms with van der Waals surface area (Å²) < 4.78 is 1.72. The van der Waals surface area contributed by atoms with Crippen molar-refractivity contribution in [3.63, 3.8) is 0 Å². The van der Waals surface area contributed by atoms with E-state index in [-0.39, 0.29) is 5.91 Å². The lowest BCUT2D eigenvalue weighted by atomic mass is 10.1. The molecule has 3 rings (SSSR count). The summed E-state index contributed by atoms with van der Waals surface area (Å²) in [6.07, 6.45) is 2.12. The van der Waals surface area contributed by atoms with Gasteiger partial charge in [0.1, 0.15) is 0 Å². The molecule has 0 aliphatic rings. The molecule has 118 valence electrons. The monoisotopic (exact) mass is 309 g/mol. The molecule has 0 radical (unpaired) electrons. The number of anilines is 1. The maximum absolute atomic E-state index is 12.3. The molecule has 0 spiro atoms. The molecule has 1 aromatic carbocycles. The molecule has 6 heteroatoms. The molecule has 0 fully saturated rings. The third-order valence-electron chi connectivity index (χ3n) is 3.77. The largest absolute Gasteiger partial charge is 0.323 e. The lowest BCUT2D eigenvalue weighted by molar-refractivity contribution is -0.117. The Labute approximate surface area is 134 Å². The predicted molar refractivity (Wildman–Crippen MR) is 90.0 cm³/mol. The van der Waals surface area contributed by atoms with Crippen LogP contribution in [0.4, 0.5) is 5.69 Å². The minimum Gasteiger partial charge on any atom is -0.323 e. The second-order valence-electron chi connectivity index (χ2n) is 5.59. The minimum atomic E-state index is -0.608. The SMILES string of the molecule is Cc1nn(C)c2ncc(NC(=O)C(N)Cc3ccccc3)cc12. The number of amides is 1. The maximum Gasteiger partial charge on any atom is 0.241 e. The number of fused-ring (bicyclic) bond motifs is 1. The lowest BCUT2D eigenvalue weighted by Crippen LogP contribution is -2.37. The number of aryl methyl sites for hydroxylation is 2. The zero-order chi connectivity index (χ0) is 16.4. The first-order chi connectivity index (χ1) is 11.0. The molecule has 6 nitrogen and oxygen atoms in total. The van der Waals surface area contributed by atoms with E-state index in [4.69, 9.17) is 5.73 Å². The highest BCUT2D eigenvalue weighted by Crippen LogP contribution is 2.19.